The van der Waals surface area contributed by atoms with Crippen molar-refractivity contribution in [2.24, 2.45) is 5.92 Å². The maximum atomic E-state index is 13.1. The van der Waals surface area contributed by atoms with Gasteiger partial charge in [0.15, 0.2) is 0 Å². The van der Waals surface area contributed by atoms with Crippen molar-refractivity contribution in [3.05, 3.63) is 59.9 Å². The van der Waals surface area contributed by atoms with Crippen LogP contribution in [-0.4, -0.2) is 29.6 Å². The summed E-state index contributed by atoms with van der Waals surface area (Å²) in [4.78, 5) is 2.47. The fourth-order valence-corrected chi connectivity index (χ4v) is 4.69. The van der Waals surface area contributed by atoms with Crippen molar-refractivity contribution < 1.29 is 9.50 Å². The first-order valence-electron chi connectivity index (χ1n) is 9.94. The van der Waals surface area contributed by atoms with Crippen molar-refractivity contribution in [3.63, 3.8) is 0 Å². The van der Waals surface area contributed by atoms with E-state index in [4.69, 9.17) is 0 Å². The van der Waals surface area contributed by atoms with E-state index in [-0.39, 0.29) is 5.82 Å². The van der Waals surface area contributed by atoms with Crippen LogP contribution in [0.2, 0.25) is 0 Å². The molecule has 1 heterocycles. The van der Waals surface area contributed by atoms with Crippen LogP contribution in [0.15, 0.2) is 48.5 Å². The summed E-state index contributed by atoms with van der Waals surface area (Å²) in [6.45, 7) is 2.97. The van der Waals surface area contributed by atoms with E-state index in [1.807, 2.05) is 24.3 Å². The van der Waals surface area contributed by atoms with E-state index in [1.54, 1.807) is 12.1 Å². The zero-order valence-electron chi connectivity index (χ0n) is 15.3. The monoisotopic (exact) mass is 353 g/mol. The molecule has 2 aromatic carbocycles. The smallest absolute Gasteiger partial charge is 0.123 e. The highest BCUT2D eigenvalue weighted by Gasteiger charge is 2.35. The third kappa shape index (κ3) is 3.84. The van der Waals surface area contributed by atoms with Gasteiger partial charge >= 0.3 is 0 Å². The average molecular weight is 353 g/mol. The minimum atomic E-state index is -0.752. The lowest BCUT2D eigenvalue weighted by Gasteiger charge is -2.40. The number of rotatable bonds is 4. The Morgan fingerprint density at radius 1 is 0.923 bits per heavy atom. The minimum absolute atomic E-state index is 0.218. The maximum Gasteiger partial charge on any atom is 0.123 e. The number of likely N-dealkylation sites (tertiary alicyclic amines) is 1. The van der Waals surface area contributed by atoms with Gasteiger partial charge in [0.25, 0.3) is 0 Å². The third-order valence-electron chi connectivity index (χ3n) is 6.14. The molecule has 2 aliphatic rings. The zero-order chi connectivity index (χ0) is 18.0. The fraction of sp³-hybridized carbons (Fsp3) is 0.478. The second-order valence-corrected chi connectivity index (χ2v) is 8.10. The summed E-state index contributed by atoms with van der Waals surface area (Å²) in [5.74, 6) is 0.599. The molecule has 1 atom stereocenters. The van der Waals surface area contributed by atoms with Gasteiger partial charge in [-0.25, -0.2) is 4.39 Å². The minimum Gasteiger partial charge on any atom is -0.384 e. The maximum absolute atomic E-state index is 13.1. The molecule has 1 aliphatic heterocycles. The number of β-amino-alcohol motifs (C(OH)–C–C–N with tert-alkyl or cyclic N) is 1. The van der Waals surface area contributed by atoms with Crippen LogP contribution in [0.3, 0.4) is 0 Å². The lowest BCUT2D eigenvalue weighted by molar-refractivity contribution is -0.0392. The summed E-state index contributed by atoms with van der Waals surface area (Å²) in [5, 5.41) is 11.3. The first kappa shape index (κ1) is 17.7. The van der Waals surface area contributed by atoms with Gasteiger partial charge in [-0.3, -0.25) is 4.90 Å². The summed E-state index contributed by atoms with van der Waals surface area (Å²) in [6.07, 6.45) is 7.30. The van der Waals surface area contributed by atoms with E-state index in [0.717, 1.165) is 55.1 Å². The molecule has 4 rings (SSSR count). The Bertz CT molecular complexity index is 721. The van der Waals surface area contributed by atoms with Crippen LogP contribution in [-0.2, 0) is 5.60 Å². The molecule has 1 unspecified atom stereocenters. The molecule has 0 radical (unpaired) electrons. The highest BCUT2D eigenvalue weighted by atomic mass is 19.1. The number of piperidine rings is 1. The van der Waals surface area contributed by atoms with Crippen LogP contribution < -0.4 is 0 Å². The second kappa shape index (κ2) is 7.50. The lowest BCUT2D eigenvalue weighted by Crippen LogP contribution is -2.47. The SMILES string of the molecule is OC1(c2ccc(-c3ccc(F)cc3)cc2)CCCN(CC2CCCC2)C1. The quantitative estimate of drug-likeness (QED) is 0.839. The van der Waals surface area contributed by atoms with Crippen LogP contribution in [0, 0.1) is 11.7 Å². The molecule has 1 saturated carbocycles. The van der Waals surface area contributed by atoms with Gasteiger partial charge in [-0.1, -0.05) is 49.2 Å². The van der Waals surface area contributed by atoms with E-state index in [9.17, 15) is 9.50 Å². The fourth-order valence-electron chi connectivity index (χ4n) is 4.69. The molecule has 0 amide bonds. The normalized spacial score (nSPS) is 24.8. The van der Waals surface area contributed by atoms with Gasteiger partial charge in [-0.05, 0) is 67.0 Å². The number of hydrogen-bond donors (Lipinski definition) is 1. The summed E-state index contributed by atoms with van der Waals surface area (Å²) in [7, 11) is 0. The predicted octanol–water partition coefficient (Wildman–Crippen LogP) is 4.97. The molecular formula is C23H28FNO. The molecule has 138 valence electrons. The van der Waals surface area contributed by atoms with Crippen molar-refractivity contribution in [2.75, 3.05) is 19.6 Å². The predicted molar refractivity (Wildman–Crippen MR) is 103 cm³/mol. The van der Waals surface area contributed by atoms with Crippen molar-refractivity contribution in [1.29, 1.82) is 0 Å². The zero-order valence-corrected chi connectivity index (χ0v) is 15.3. The average Bonchev–Trinajstić information content (AvgIpc) is 3.16. The van der Waals surface area contributed by atoms with Crippen LogP contribution in [0.4, 0.5) is 4.39 Å². The standard InChI is InChI=1S/C23H28FNO/c24-22-12-8-20(9-13-22)19-6-10-21(11-7-19)23(26)14-3-15-25(17-23)16-18-4-1-2-5-18/h6-13,18,26H,1-5,14-17H2. The van der Waals surface area contributed by atoms with Crippen molar-refractivity contribution in [2.45, 2.75) is 44.1 Å². The van der Waals surface area contributed by atoms with Crippen molar-refractivity contribution in [3.8, 4) is 11.1 Å². The number of hydrogen-bond acceptors (Lipinski definition) is 2. The molecule has 1 aliphatic carbocycles. The summed E-state index contributed by atoms with van der Waals surface area (Å²) < 4.78 is 13.1. The molecule has 2 nitrogen and oxygen atoms in total. The molecule has 26 heavy (non-hydrogen) atoms. The third-order valence-corrected chi connectivity index (χ3v) is 6.14. The highest BCUT2D eigenvalue weighted by molar-refractivity contribution is 5.63. The summed E-state index contributed by atoms with van der Waals surface area (Å²) in [5.41, 5.74) is 2.30. The Labute approximate surface area is 155 Å². The molecule has 2 fully saturated rings. The van der Waals surface area contributed by atoms with E-state index in [0.29, 0.717) is 0 Å². The van der Waals surface area contributed by atoms with Gasteiger partial charge in [-0.2, -0.15) is 0 Å². The summed E-state index contributed by atoms with van der Waals surface area (Å²) in [6, 6.07) is 14.7. The van der Waals surface area contributed by atoms with Gasteiger partial charge in [-0.15, -0.1) is 0 Å². The number of benzene rings is 2. The summed E-state index contributed by atoms with van der Waals surface area (Å²) >= 11 is 0. The molecule has 0 bridgehead atoms. The first-order valence-corrected chi connectivity index (χ1v) is 9.94. The van der Waals surface area contributed by atoms with Gasteiger partial charge in [0.2, 0.25) is 0 Å². The molecule has 1 saturated heterocycles. The van der Waals surface area contributed by atoms with Crippen molar-refractivity contribution >= 4 is 0 Å². The molecule has 1 N–H and O–H groups in total. The van der Waals surface area contributed by atoms with E-state index in [2.05, 4.69) is 4.90 Å². The van der Waals surface area contributed by atoms with E-state index >= 15 is 0 Å². The van der Waals surface area contributed by atoms with Crippen LogP contribution in [0.5, 0.6) is 0 Å². The first-order chi connectivity index (χ1) is 12.6. The van der Waals surface area contributed by atoms with Gasteiger partial charge in [0.1, 0.15) is 11.4 Å². The van der Waals surface area contributed by atoms with Crippen molar-refractivity contribution in [1.82, 2.24) is 4.90 Å². The lowest BCUT2D eigenvalue weighted by atomic mass is 9.84. The van der Waals surface area contributed by atoms with Gasteiger partial charge < -0.3 is 5.11 Å². The Morgan fingerprint density at radius 3 is 2.19 bits per heavy atom. The largest absolute Gasteiger partial charge is 0.384 e. The van der Waals surface area contributed by atoms with Gasteiger partial charge in [0.05, 0.1) is 0 Å². The number of aliphatic hydroxyl groups is 1. The number of halogens is 1. The van der Waals surface area contributed by atoms with E-state index in [1.165, 1.54) is 37.8 Å². The van der Waals surface area contributed by atoms with Crippen LogP contribution >= 0.6 is 0 Å². The highest BCUT2D eigenvalue weighted by Crippen LogP contribution is 2.34. The van der Waals surface area contributed by atoms with Gasteiger partial charge in [0, 0.05) is 13.1 Å². The van der Waals surface area contributed by atoms with E-state index < -0.39 is 5.60 Å². The Hall–Kier alpha value is -1.71. The Morgan fingerprint density at radius 2 is 1.54 bits per heavy atom. The van der Waals surface area contributed by atoms with Crippen LogP contribution in [0.25, 0.3) is 11.1 Å². The molecule has 0 aromatic heterocycles. The topological polar surface area (TPSA) is 23.5 Å². The number of nitrogens with zero attached hydrogens (tertiary/aromatic N) is 1. The molecule has 0 spiro atoms. The molecule has 2 aromatic rings. The Balaban J connectivity index is 1.47. The second-order valence-electron chi connectivity index (χ2n) is 8.10. The molecular weight excluding hydrogens is 325 g/mol. The molecule has 3 heteroatoms. The Kier molecular flexibility index (Phi) is 5.10. The van der Waals surface area contributed by atoms with Crippen LogP contribution in [0.1, 0.15) is 44.1 Å².